The van der Waals surface area contributed by atoms with Gasteiger partial charge in [-0.1, -0.05) is 0 Å². The van der Waals surface area contributed by atoms with Crippen molar-refractivity contribution in [2.75, 3.05) is 26.2 Å². The monoisotopic (exact) mass is 253 g/mol. The highest BCUT2D eigenvalue weighted by molar-refractivity contribution is 5.79. The minimum Gasteiger partial charge on any atom is -0.354 e. The van der Waals surface area contributed by atoms with Gasteiger partial charge < -0.3 is 10.6 Å². The Kier molecular flexibility index (Phi) is 5.01. The van der Waals surface area contributed by atoms with Gasteiger partial charge in [-0.05, 0) is 59.2 Å². The molecular formula is C14H27N3O. The van der Waals surface area contributed by atoms with E-state index in [9.17, 15) is 4.79 Å². The van der Waals surface area contributed by atoms with E-state index in [1.165, 1.54) is 25.9 Å². The number of amides is 1. The summed E-state index contributed by atoms with van der Waals surface area (Å²) in [5, 5.41) is 6.52. The number of hydrogen-bond donors (Lipinski definition) is 2. The lowest BCUT2D eigenvalue weighted by molar-refractivity contribution is -0.126. The van der Waals surface area contributed by atoms with E-state index in [1.807, 2.05) is 0 Å². The van der Waals surface area contributed by atoms with Gasteiger partial charge in [-0.25, -0.2) is 0 Å². The van der Waals surface area contributed by atoms with Crippen LogP contribution in [0.5, 0.6) is 0 Å². The van der Waals surface area contributed by atoms with E-state index in [2.05, 4.69) is 29.4 Å². The molecule has 0 saturated carbocycles. The van der Waals surface area contributed by atoms with Gasteiger partial charge in [-0.2, -0.15) is 0 Å². The summed E-state index contributed by atoms with van der Waals surface area (Å²) in [7, 11) is 0. The summed E-state index contributed by atoms with van der Waals surface area (Å²) in [5.41, 5.74) is 0. The first-order valence-corrected chi connectivity index (χ1v) is 7.43. The van der Waals surface area contributed by atoms with Crippen molar-refractivity contribution in [3.05, 3.63) is 0 Å². The van der Waals surface area contributed by atoms with Gasteiger partial charge >= 0.3 is 0 Å². The molecule has 0 spiro atoms. The Morgan fingerprint density at radius 2 is 2.11 bits per heavy atom. The largest absolute Gasteiger partial charge is 0.354 e. The van der Waals surface area contributed by atoms with Crippen LogP contribution in [0.15, 0.2) is 0 Å². The second-order valence-electron chi connectivity index (χ2n) is 5.83. The molecule has 0 aromatic rings. The van der Waals surface area contributed by atoms with Gasteiger partial charge in [0.25, 0.3) is 0 Å². The number of carbonyl (C=O) groups excluding carboxylic acids is 1. The maximum Gasteiger partial charge on any atom is 0.224 e. The summed E-state index contributed by atoms with van der Waals surface area (Å²) < 4.78 is 0. The third-order valence-corrected chi connectivity index (χ3v) is 4.43. The van der Waals surface area contributed by atoms with Crippen LogP contribution in [0.4, 0.5) is 0 Å². The third-order valence-electron chi connectivity index (χ3n) is 4.43. The van der Waals surface area contributed by atoms with Gasteiger partial charge in [0.2, 0.25) is 5.91 Å². The molecule has 0 aromatic heterocycles. The van der Waals surface area contributed by atoms with Crippen LogP contribution in [0.2, 0.25) is 0 Å². The van der Waals surface area contributed by atoms with Crippen LogP contribution in [-0.4, -0.2) is 49.1 Å². The standard InChI is InChI=1S/C14H27N3O/c1-11(17-8-3-4-9-17)10-16-14(18)13-6-5-7-15-12(13)2/h11-13,15H,3-10H2,1-2H3,(H,16,18). The predicted octanol–water partition coefficient (Wildman–Crippen LogP) is 0.975. The van der Waals surface area contributed by atoms with E-state index in [4.69, 9.17) is 0 Å². The van der Waals surface area contributed by atoms with E-state index in [0.717, 1.165) is 25.9 Å². The molecule has 4 heteroatoms. The smallest absolute Gasteiger partial charge is 0.224 e. The zero-order valence-corrected chi connectivity index (χ0v) is 11.7. The first kappa shape index (κ1) is 13.8. The van der Waals surface area contributed by atoms with Gasteiger partial charge in [-0.3, -0.25) is 9.69 Å². The quantitative estimate of drug-likeness (QED) is 0.785. The molecule has 1 amide bonds. The van der Waals surface area contributed by atoms with Crippen molar-refractivity contribution in [2.45, 2.75) is 51.6 Å². The summed E-state index contributed by atoms with van der Waals surface area (Å²) in [6, 6.07) is 0.796. The Bertz CT molecular complexity index is 276. The van der Waals surface area contributed by atoms with Gasteiger partial charge in [0.1, 0.15) is 0 Å². The Hall–Kier alpha value is -0.610. The van der Waals surface area contributed by atoms with E-state index >= 15 is 0 Å². The highest BCUT2D eigenvalue weighted by Gasteiger charge is 2.28. The van der Waals surface area contributed by atoms with Crippen LogP contribution in [0.25, 0.3) is 0 Å². The average molecular weight is 253 g/mol. The van der Waals surface area contributed by atoms with Crippen molar-refractivity contribution in [3.63, 3.8) is 0 Å². The van der Waals surface area contributed by atoms with Crippen LogP contribution in [0, 0.1) is 5.92 Å². The topological polar surface area (TPSA) is 44.4 Å². The van der Waals surface area contributed by atoms with Crippen molar-refractivity contribution in [2.24, 2.45) is 5.92 Å². The van der Waals surface area contributed by atoms with Gasteiger partial charge in [0, 0.05) is 18.6 Å². The zero-order chi connectivity index (χ0) is 13.0. The summed E-state index contributed by atoms with van der Waals surface area (Å²) in [5.74, 6) is 0.394. The number of nitrogens with zero attached hydrogens (tertiary/aromatic N) is 1. The van der Waals surface area contributed by atoms with Crippen molar-refractivity contribution in [3.8, 4) is 0 Å². The van der Waals surface area contributed by atoms with E-state index < -0.39 is 0 Å². The zero-order valence-electron chi connectivity index (χ0n) is 11.7. The molecule has 0 bridgehead atoms. The maximum absolute atomic E-state index is 12.2. The van der Waals surface area contributed by atoms with E-state index in [0.29, 0.717) is 12.1 Å². The molecule has 2 saturated heterocycles. The molecule has 104 valence electrons. The summed E-state index contributed by atoms with van der Waals surface area (Å²) in [6.45, 7) is 8.56. The molecule has 2 rings (SSSR count). The fraction of sp³-hybridized carbons (Fsp3) is 0.929. The van der Waals surface area contributed by atoms with Gasteiger partial charge in [-0.15, -0.1) is 0 Å². The highest BCUT2D eigenvalue weighted by Crippen LogP contribution is 2.16. The molecular weight excluding hydrogens is 226 g/mol. The fourth-order valence-electron chi connectivity index (χ4n) is 3.09. The van der Waals surface area contributed by atoms with E-state index in [1.54, 1.807) is 0 Å². The molecule has 0 aliphatic carbocycles. The number of rotatable bonds is 4. The Morgan fingerprint density at radius 1 is 1.39 bits per heavy atom. The number of likely N-dealkylation sites (tertiary alicyclic amines) is 1. The summed E-state index contributed by atoms with van der Waals surface area (Å²) in [4.78, 5) is 14.6. The lowest BCUT2D eigenvalue weighted by Gasteiger charge is -2.30. The Balaban J connectivity index is 1.73. The van der Waals surface area contributed by atoms with Crippen molar-refractivity contribution >= 4 is 5.91 Å². The van der Waals surface area contributed by atoms with Crippen molar-refractivity contribution in [1.29, 1.82) is 0 Å². The molecule has 3 unspecified atom stereocenters. The van der Waals surface area contributed by atoms with Gasteiger partial charge in [0.05, 0.1) is 5.92 Å². The number of nitrogens with one attached hydrogen (secondary N) is 2. The number of hydrogen-bond acceptors (Lipinski definition) is 3. The van der Waals surface area contributed by atoms with E-state index in [-0.39, 0.29) is 11.8 Å². The normalized spacial score (nSPS) is 31.2. The predicted molar refractivity (Wildman–Crippen MR) is 73.5 cm³/mol. The molecule has 2 heterocycles. The Labute approximate surface area is 110 Å². The van der Waals surface area contributed by atoms with Crippen LogP contribution >= 0.6 is 0 Å². The Morgan fingerprint density at radius 3 is 2.78 bits per heavy atom. The lowest BCUT2D eigenvalue weighted by atomic mass is 9.91. The minimum absolute atomic E-state index is 0.157. The minimum atomic E-state index is 0.157. The van der Waals surface area contributed by atoms with Crippen molar-refractivity contribution < 1.29 is 4.79 Å². The fourth-order valence-corrected chi connectivity index (χ4v) is 3.09. The SMILES string of the molecule is CC1NCCCC1C(=O)NCC(C)N1CCCC1. The number of carbonyl (C=O) groups is 1. The summed E-state index contributed by atoms with van der Waals surface area (Å²) >= 11 is 0. The molecule has 18 heavy (non-hydrogen) atoms. The molecule has 2 aliphatic rings. The highest BCUT2D eigenvalue weighted by atomic mass is 16.1. The van der Waals surface area contributed by atoms with Crippen LogP contribution in [0.1, 0.15) is 39.5 Å². The molecule has 3 atom stereocenters. The molecule has 0 aromatic carbocycles. The first-order valence-electron chi connectivity index (χ1n) is 7.43. The second-order valence-corrected chi connectivity index (χ2v) is 5.83. The third kappa shape index (κ3) is 3.45. The second kappa shape index (κ2) is 6.53. The average Bonchev–Trinajstić information content (AvgIpc) is 2.90. The van der Waals surface area contributed by atoms with Crippen molar-refractivity contribution in [1.82, 2.24) is 15.5 Å². The first-order chi connectivity index (χ1) is 8.68. The van der Waals surface area contributed by atoms with Crippen LogP contribution in [0.3, 0.4) is 0 Å². The van der Waals surface area contributed by atoms with Crippen LogP contribution in [-0.2, 0) is 4.79 Å². The summed E-state index contributed by atoms with van der Waals surface area (Å²) in [6.07, 6.45) is 4.76. The molecule has 2 fully saturated rings. The molecule has 2 N–H and O–H groups in total. The van der Waals surface area contributed by atoms with Crippen LogP contribution < -0.4 is 10.6 Å². The lowest BCUT2D eigenvalue weighted by Crippen LogP contribution is -2.49. The van der Waals surface area contributed by atoms with Gasteiger partial charge in [0.15, 0.2) is 0 Å². The molecule has 4 nitrogen and oxygen atoms in total. The number of piperidine rings is 1. The molecule has 0 radical (unpaired) electrons. The molecule has 2 aliphatic heterocycles. The maximum atomic E-state index is 12.2.